The van der Waals surface area contributed by atoms with E-state index in [4.69, 9.17) is 23.5 Å². The van der Waals surface area contributed by atoms with Crippen LogP contribution in [0.3, 0.4) is 0 Å². The van der Waals surface area contributed by atoms with Crippen LogP contribution in [-0.4, -0.2) is 33.0 Å². The fraction of sp³-hybridized carbons (Fsp3) is 0.109. The first kappa shape index (κ1) is 36.3. The molecule has 1 atom stereocenters. The molecule has 54 heavy (non-hydrogen) atoms. The summed E-state index contributed by atoms with van der Waals surface area (Å²) in [4.78, 5) is 4.68. The summed E-state index contributed by atoms with van der Waals surface area (Å²) in [6, 6.07) is 59.0. The molecule has 0 radical (unpaired) electrons. The van der Waals surface area contributed by atoms with Gasteiger partial charge in [0.1, 0.15) is 30.0 Å². The third-order valence-electron chi connectivity index (χ3n) is 9.30. The van der Waals surface area contributed by atoms with E-state index in [2.05, 4.69) is 65.6 Å². The Hall–Kier alpha value is -6.08. The van der Waals surface area contributed by atoms with E-state index < -0.39 is 6.10 Å². The van der Waals surface area contributed by atoms with Crippen LogP contribution in [0.5, 0.6) is 17.2 Å². The molecule has 1 unspecified atom stereocenters. The number of aromatic nitrogens is 1. The van der Waals surface area contributed by atoms with Gasteiger partial charge in [-0.15, -0.1) is 0 Å². The standard InChI is InChI=1S/C46H41B2NO5/c1-50-42-26-18-36(19-27-42)34-53-47(38-11-5-3-6-12-38)40-24-30-44(31-25-40)52-33-35-16-22-41(23-17-35)48(39-13-7-4-8-14-39)54-46(45-15-9-10-32-49-45)37-20-28-43(51-2)29-21-37/h3-32,46H,33-34H2,1-2H3. The maximum Gasteiger partial charge on any atom is 0.362 e. The van der Waals surface area contributed by atoms with E-state index in [1.165, 1.54) is 0 Å². The minimum absolute atomic E-state index is 0.225. The van der Waals surface area contributed by atoms with Crippen LogP contribution >= 0.6 is 0 Å². The summed E-state index contributed by atoms with van der Waals surface area (Å²) in [5, 5.41) is 0. The first-order chi connectivity index (χ1) is 26.7. The van der Waals surface area contributed by atoms with Crippen molar-refractivity contribution >= 4 is 35.7 Å². The highest BCUT2D eigenvalue weighted by Gasteiger charge is 2.28. The molecule has 0 fully saturated rings. The minimum Gasteiger partial charge on any atom is -0.497 e. The number of pyridine rings is 1. The number of hydrogen-bond donors (Lipinski definition) is 0. The van der Waals surface area contributed by atoms with Gasteiger partial charge in [-0.25, -0.2) is 0 Å². The molecule has 1 aromatic heterocycles. The number of methoxy groups -OCH3 is 2. The van der Waals surface area contributed by atoms with Crippen molar-refractivity contribution in [2.75, 3.05) is 14.2 Å². The molecule has 6 nitrogen and oxygen atoms in total. The molecule has 0 aliphatic carbocycles. The normalized spacial score (nSPS) is 11.4. The molecule has 8 heteroatoms. The second kappa shape index (κ2) is 18.1. The highest BCUT2D eigenvalue weighted by atomic mass is 16.5. The Morgan fingerprint density at radius 1 is 0.463 bits per heavy atom. The smallest absolute Gasteiger partial charge is 0.362 e. The molecule has 7 rings (SSSR count). The molecule has 266 valence electrons. The first-order valence-electron chi connectivity index (χ1n) is 18.0. The van der Waals surface area contributed by atoms with Gasteiger partial charge in [0.25, 0.3) is 0 Å². The zero-order valence-electron chi connectivity index (χ0n) is 30.5. The number of ether oxygens (including phenoxy) is 3. The van der Waals surface area contributed by atoms with Gasteiger partial charge in [0.05, 0.1) is 26.5 Å². The van der Waals surface area contributed by atoms with Gasteiger partial charge >= 0.3 is 13.8 Å². The minimum atomic E-state index is -0.400. The average Bonchev–Trinajstić information content (AvgIpc) is 3.25. The molecular formula is C46H41B2NO5. The van der Waals surface area contributed by atoms with Crippen molar-refractivity contribution in [1.82, 2.24) is 4.98 Å². The van der Waals surface area contributed by atoms with Gasteiger partial charge < -0.3 is 23.5 Å². The largest absolute Gasteiger partial charge is 0.497 e. The quantitative estimate of drug-likeness (QED) is 0.102. The highest BCUT2D eigenvalue weighted by Crippen LogP contribution is 2.27. The van der Waals surface area contributed by atoms with Crippen LogP contribution in [0.25, 0.3) is 0 Å². The summed E-state index contributed by atoms with van der Waals surface area (Å²) in [6.45, 7) is 0.331. The van der Waals surface area contributed by atoms with Crippen LogP contribution in [0.15, 0.2) is 182 Å². The fourth-order valence-corrected chi connectivity index (χ4v) is 6.35. The summed E-state index contributed by atoms with van der Waals surface area (Å²) >= 11 is 0. The summed E-state index contributed by atoms with van der Waals surface area (Å²) < 4.78 is 30.5. The lowest BCUT2D eigenvalue weighted by Crippen LogP contribution is -2.46. The fourth-order valence-electron chi connectivity index (χ4n) is 6.35. The maximum atomic E-state index is 7.00. The first-order valence-corrected chi connectivity index (χ1v) is 18.0. The van der Waals surface area contributed by atoms with Crippen LogP contribution in [0.2, 0.25) is 0 Å². The molecule has 0 N–H and O–H groups in total. The highest BCUT2D eigenvalue weighted by molar-refractivity contribution is 6.80. The monoisotopic (exact) mass is 709 g/mol. The predicted molar refractivity (Wildman–Crippen MR) is 218 cm³/mol. The summed E-state index contributed by atoms with van der Waals surface area (Å²) in [5.74, 6) is 2.40. The van der Waals surface area contributed by atoms with Gasteiger partial charge in [0.2, 0.25) is 0 Å². The molecule has 0 saturated carbocycles. The second-order valence-corrected chi connectivity index (χ2v) is 12.9. The number of hydrogen-bond acceptors (Lipinski definition) is 6. The van der Waals surface area contributed by atoms with Gasteiger partial charge in [-0.05, 0) is 87.1 Å². The Labute approximate surface area is 318 Å². The van der Waals surface area contributed by atoms with Crippen LogP contribution < -0.4 is 36.1 Å². The number of nitrogens with zero attached hydrogens (tertiary/aromatic N) is 1. The van der Waals surface area contributed by atoms with Gasteiger partial charge in [-0.1, -0.05) is 127 Å². The van der Waals surface area contributed by atoms with Crippen molar-refractivity contribution in [3.63, 3.8) is 0 Å². The summed E-state index contributed by atoms with van der Waals surface area (Å²) in [6.07, 6.45) is 1.40. The lowest BCUT2D eigenvalue weighted by atomic mass is 9.55. The molecule has 1 heterocycles. The van der Waals surface area contributed by atoms with Crippen molar-refractivity contribution in [1.29, 1.82) is 0 Å². The lowest BCUT2D eigenvalue weighted by Gasteiger charge is -2.24. The van der Waals surface area contributed by atoms with Gasteiger partial charge in [0.15, 0.2) is 0 Å². The van der Waals surface area contributed by atoms with Crippen molar-refractivity contribution in [2.24, 2.45) is 0 Å². The van der Waals surface area contributed by atoms with Crippen molar-refractivity contribution in [2.45, 2.75) is 19.3 Å². The molecule has 7 aromatic rings. The molecule has 0 amide bonds. The van der Waals surface area contributed by atoms with E-state index in [9.17, 15) is 0 Å². The van der Waals surface area contributed by atoms with Gasteiger partial charge in [-0.2, -0.15) is 0 Å². The van der Waals surface area contributed by atoms with E-state index in [0.717, 1.165) is 61.5 Å². The Morgan fingerprint density at radius 3 is 1.54 bits per heavy atom. The van der Waals surface area contributed by atoms with E-state index >= 15 is 0 Å². The van der Waals surface area contributed by atoms with E-state index in [1.54, 1.807) is 20.4 Å². The van der Waals surface area contributed by atoms with Crippen LogP contribution in [0.1, 0.15) is 28.5 Å². The van der Waals surface area contributed by atoms with Crippen LogP contribution in [0, 0.1) is 0 Å². The van der Waals surface area contributed by atoms with E-state index in [-0.39, 0.29) is 13.8 Å². The van der Waals surface area contributed by atoms with E-state index in [1.807, 2.05) is 115 Å². The molecule has 0 aliphatic rings. The third kappa shape index (κ3) is 9.28. The third-order valence-corrected chi connectivity index (χ3v) is 9.30. The average molecular weight is 709 g/mol. The predicted octanol–water partition coefficient (Wildman–Crippen LogP) is 6.91. The zero-order chi connectivity index (χ0) is 37.0. The summed E-state index contributed by atoms with van der Waals surface area (Å²) in [7, 11) is 3.34. The molecule has 6 aromatic carbocycles. The number of rotatable bonds is 16. The maximum absolute atomic E-state index is 7.00. The van der Waals surface area contributed by atoms with Crippen molar-refractivity contribution in [3.05, 3.63) is 205 Å². The molecule has 0 aliphatic heterocycles. The van der Waals surface area contributed by atoms with Gasteiger partial charge in [-0.3, -0.25) is 4.98 Å². The van der Waals surface area contributed by atoms with Gasteiger partial charge in [0, 0.05) is 6.20 Å². The second-order valence-electron chi connectivity index (χ2n) is 12.9. The van der Waals surface area contributed by atoms with Crippen molar-refractivity contribution < 1.29 is 23.5 Å². The lowest BCUT2D eigenvalue weighted by molar-refractivity contribution is 0.253. The topological polar surface area (TPSA) is 59.0 Å². The number of benzene rings is 6. The molecular weight excluding hydrogens is 668 g/mol. The Bertz CT molecular complexity index is 2150. The summed E-state index contributed by atoms with van der Waals surface area (Å²) in [5.41, 5.74) is 8.18. The van der Waals surface area contributed by atoms with Crippen LogP contribution in [0.4, 0.5) is 0 Å². The van der Waals surface area contributed by atoms with Crippen molar-refractivity contribution in [3.8, 4) is 17.2 Å². The van der Waals surface area contributed by atoms with E-state index in [0.29, 0.717) is 13.2 Å². The van der Waals surface area contributed by atoms with Crippen LogP contribution in [-0.2, 0) is 22.5 Å². The zero-order valence-corrected chi connectivity index (χ0v) is 30.5. The Kier molecular flexibility index (Phi) is 12.2. The Balaban J connectivity index is 1.05. The molecule has 0 spiro atoms. The Morgan fingerprint density at radius 2 is 0.944 bits per heavy atom. The molecule has 0 saturated heterocycles. The SMILES string of the molecule is COc1ccc(COB(c2ccccc2)c2ccc(OCc3ccc(B(OC(c4ccc(OC)cc4)c4ccccn4)c4ccccc4)cc3)cc2)cc1. The molecule has 0 bridgehead atoms.